The smallest absolute Gasteiger partial charge is 0.408 e. The van der Waals surface area contributed by atoms with Gasteiger partial charge in [-0.15, -0.1) is 0 Å². The molecule has 1 amide bonds. The fourth-order valence-corrected chi connectivity index (χ4v) is 6.05. The lowest BCUT2D eigenvalue weighted by Gasteiger charge is -2.23. The molecule has 4 rings (SSSR count). The van der Waals surface area contributed by atoms with Crippen LogP contribution in [0, 0.1) is 5.41 Å². The van der Waals surface area contributed by atoms with Gasteiger partial charge in [0.1, 0.15) is 11.6 Å². The van der Waals surface area contributed by atoms with E-state index in [0.717, 1.165) is 33.4 Å². The standard InChI is InChI=1S/C38H47F2N3O5/c1-9-43-31-13-12-24(19-28(31)29(20-38(7,8)21-44)33(43)27-11-10-14-41-32(27)22(2)3)25-15-23(16-26(18-25)34(39)40)17-30(35(45)46)42-36(47)48-37(4,5)6/h10-16,18-19,22,30,34,44H,9,17,20-21H2,1-8H3,(H,42,47)(H,45,46)/t30-/m0/s1. The van der Waals surface area contributed by atoms with Gasteiger partial charge in [0, 0.05) is 47.8 Å². The molecule has 0 saturated heterocycles. The number of aryl methyl sites for hydroxylation is 1. The Morgan fingerprint density at radius 3 is 2.31 bits per heavy atom. The molecule has 0 bridgehead atoms. The number of benzene rings is 2. The molecule has 2 aromatic carbocycles. The number of nitrogens with zero attached hydrogens (tertiary/aromatic N) is 2. The van der Waals surface area contributed by atoms with Crippen molar-refractivity contribution in [2.45, 2.75) is 98.8 Å². The van der Waals surface area contributed by atoms with E-state index in [-0.39, 0.29) is 24.5 Å². The number of carbonyl (C=O) groups excluding carboxylic acids is 1. The average molecular weight is 664 g/mol. The number of aromatic nitrogens is 2. The monoisotopic (exact) mass is 663 g/mol. The Morgan fingerprint density at radius 2 is 1.73 bits per heavy atom. The largest absolute Gasteiger partial charge is 0.480 e. The Morgan fingerprint density at radius 1 is 1.02 bits per heavy atom. The Balaban J connectivity index is 1.90. The molecular formula is C38H47F2N3O5. The van der Waals surface area contributed by atoms with E-state index < -0.39 is 35.5 Å². The number of amides is 1. The molecule has 258 valence electrons. The third kappa shape index (κ3) is 8.39. The molecule has 2 aromatic heterocycles. The summed E-state index contributed by atoms with van der Waals surface area (Å²) in [5, 5.41) is 23.5. The summed E-state index contributed by atoms with van der Waals surface area (Å²) >= 11 is 0. The van der Waals surface area contributed by atoms with Crippen molar-refractivity contribution in [1.29, 1.82) is 0 Å². The Hall–Kier alpha value is -4.31. The normalized spacial score (nSPS) is 12.9. The summed E-state index contributed by atoms with van der Waals surface area (Å²) in [5.41, 5.74) is 4.93. The second-order valence-electron chi connectivity index (χ2n) is 14.4. The predicted octanol–water partition coefficient (Wildman–Crippen LogP) is 8.53. The van der Waals surface area contributed by atoms with Gasteiger partial charge in [0.25, 0.3) is 6.43 Å². The number of fused-ring (bicyclic) bond motifs is 1. The number of carbonyl (C=O) groups is 2. The number of ether oxygens (including phenoxy) is 1. The van der Waals surface area contributed by atoms with E-state index in [1.807, 2.05) is 38.1 Å². The van der Waals surface area contributed by atoms with E-state index in [1.165, 1.54) is 12.1 Å². The number of aliphatic carboxylic acids is 1. The Bertz CT molecular complexity index is 1790. The number of rotatable bonds is 12. The van der Waals surface area contributed by atoms with E-state index in [9.17, 15) is 28.6 Å². The molecule has 0 spiro atoms. The first-order valence-corrected chi connectivity index (χ1v) is 16.3. The molecule has 3 N–H and O–H groups in total. The number of aliphatic hydroxyl groups is 1. The van der Waals surface area contributed by atoms with Crippen LogP contribution in [0.15, 0.2) is 54.7 Å². The summed E-state index contributed by atoms with van der Waals surface area (Å²) in [4.78, 5) is 29.2. The van der Waals surface area contributed by atoms with Gasteiger partial charge < -0.3 is 24.8 Å². The summed E-state index contributed by atoms with van der Waals surface area (Å²) < 4.78 is 35.9. The number of aliphatic hydroxyl groups excluding tert-OH is 1. The molecule has 0 aliphatic rings. The number of hydrogen-bond acceptors (Lipinski definition) is 5. The zero-order valence-corrected chi connectivity index (χ0v) is 29.0. The van der Waals surface area contributed by atoms with E-state index in [2.05, 4.69) is 36.7 Å². The minimum atomic E-state index is -2.80. The van der Waals surface area contributed by atoms with E-state index in [1.54, 1.807) is 33.0 Å². The summed E-state index contributed by atoms with van der Waals surface area (Å²) in [5.74, 6) is -1.15. The van der Waals surface area contributed by atoms with Gasteiger partial charge in [-0.25, -0.2) is 18.4 Å². The van der Waals surface area contributed by atoms with Gasteiger partial charge in [0.15, 0.2) is 0 Å². The van der Waals surface area contributed by atoms with Crippen molar-refractivity contribution in [3.05, 3.63) is 77.1 Å². The van der Waals surface area contributed by atoms with Crippen LogP contribution in [0.1, 0.15) is 90.1 Å². The van der Waals surface area contributed by atoms with Crippen molar-refractivity contribution in [3.8, 4) is 22.4 Å². The highest BCUT2D eigenvalue weighted by Crippen LogP contribution is 2.41. The quantitative estimate of drug-likeness (QED) is 0.140. The molecule has 0 fully saturated rings. The van der Waals surface area contributed by atoms with Crippen molar-refractivity contribution in [2.24, 2.45) is 5.41 Å². The van der Waals surface area contributed by atoms with E-state index in [4.69, 9.17) is 9.72 Å². The first-order chi connectivity index (χ1) is 22.4. The summed E-state index contributed by atoms with van der Waals surface area (Å²) in [6.45, 7) is 15.9. The molecule has 0 saturated carbocycles. The Kier molecular flexibility index (Phi) is 11.0. The number of alkyl carbamates (subject to hydrolysis) is 1. The summed E-state index contributed by atoms with van der Waals surface area (Å²) in [7, 11) is 0. The van der Waals surface area contributed by atoms with Crippen LogP contribution in [0.3, 0.4) is 0 Å². The highest BCUT2D eigenvalue weighted by Gasteiger charge is 2.28. The number of hydrogen-bond donors (Lipinski definition) is 3. The lowest BCUT2D eigenvalue weighted by atomic mass is 9.84. The first kappa shape index (κ1) is 36.5. The molecular weight excluding hydrogens is 616 g/mol. The number of carboxylic acids is 1. The van der Waals surface area contributed by atoms with Gasteiger partial charge in [0.2, 0.25) is 0 Å². The molecule has 4 aromatic rings. The zero-order chi connectivity index (χ0) is 35.6. The van der Waals surface area contributed by atoms with Crippen LogP contribution >= 0.6 is 0 Å². The highest BCUT2D eigenvalue weighted by atomic mass is 19.3. The topological polar surface area (TPSA) is 114 Å². The third-order valence-corrected chi connectivity index (χ3v) is 8.24. The molecule has 0 radical (unpaired) electrons. The van der Waals surface area contributed by atoms with E-state index >= 15 is 0 Å². The van der Waals surface area contributed by atoms with Crippen molar-refractivity contribution in [2.75, 3.05) is 6.61 Å². The number of nitrogens with one attached hydrogen (secondary N) is 1. The maximum absolute atomic E-state index is 14.2. The van der Waals surface area contributed by atoms with E-state index in [0.29, 0.717) is 29.7 Å². The fraction of sp³-hybridized carbons (Fsp3) is 0.447. The minimum Gasteiger partial charge on any atom is -0.480 e. The highest BCUT2D eigenvalue weighted by molar-refractivity contribution is 5.95. The molecule has 2 heterocycles. The summed E-state index contributed by atoms with van der Waals surface area (Å²) in [6.07, 6.45) is -1.59. The van der Waals surface area contributed by atoms with Crippen LogP contribution in [-0.4, -0.2) is 50.1 Å². The average Bonchev–Trinajstić information content (AvgIpc) is 3.31. The zero-order valence-electron chi connectivity index (χ0n) is 29.0. The Labute approximate surface area is 281 Å². The van der Waals surface area contributed by atoms with Crippen LogP contribution < -0.4 is 5.32 Å². The maximum Gasteiger partial charge on any atom is 0.408 e. The van der Waals surface area contributed by atoms with Gasteiger partial charge in [-0.1, -0.05) is 45.9 Å². The third-order valence-electron chi connectivity index (χ3n) is 8.24. The molecule has 0 aliphatic carbocycles. The molecule has 10 heteroatoms. The number of alkyl halides is 2. The maximum atomic E-state index is 14.2. The lowest BCUT2D eigenvalue weighted by molar-refractivity contribution is -0.139. The van der Waals surface area contributed by atoms with Crippen molar-refractivity contribution < 1.29 is 33.3 Å². The van der Waals surface area contributed by atoms with Crippen molar-refractivity contribution in [1.82, 2.24) is 14.9 Å². The predicted molar refractivity (Wildman–Crippen MR) is 184 cm³/mol. The molecule has 0 aliphatic heterocycles. The number of halogens is 2. The first-order valence-electron chi connectivity index (χ1n) is 16.3. The van der Waals surface area contributed by atoms with Crippen LogP contribution in [0.5, 0.6) is 0 Å². The van der Waals surface area contributed by atoms with Crippen LogP contribution in [-0.2, 0) is 28.9 Å². The SMILES string of the molecule is CCn1c(-c2cccnc2C(C)C)c(CC(C)(C)CO)c2cc(-c3cc(C[C@H](NC(=O)OC(C)(C)C)C(=O)O)cc(C(F)F)c3)ccc21. The number of pyridine rings is 1. The molecule has 1 atom stereocenters. The van der Waals surface area contributed by atoms with Gasteiger partial charge in [-0.3, -0.25) is 4.98 Å². The second-order valence-corrected chi connectivity index (χ2v) is 14.4. The second kappa shape index (κ2) is 14.4. The van der Waals surface area contributed by atoms with Crippen LogP contribution in [0.25, 0.3) is 33.3 Å². The fourth-order valence-electron chi connectivity index (χ4n) is 6.05. The molecule has 48 heavy (non-hydrogen) atoms. The van der Waals surface area contributed by atoms with Gasteiger partial charge in [-0.05, 0) is 98.0 Å². The van der Waals surface area contributed by atoms with Gasteiger partial charge in [-0.2, -0.15) is 0 Å². The van der Waals surface area contributed by atoms with Gasteiger partial charge >= 0.3 is 12.1 Å². The van der Waals surface area contributed by atoms with Gasteiger partial charge in [0.05, 0.1) is 11.4 Å². The van der Waals surface area contributed by atoms with Crippen molar-refractivity contribution >= 4 is 23.0 Å². The molecule has 0 unspecified atom stereocenters. The minimum absolute atomic E-state index is 0.0309. The number of carboxylic acid groups (broad SMARTS) is 1. The molecule has 8 nitrogen and oxygen atoms in total. The van der Waals surface area contributed by atoms with Crippen LogP contribution in [0.2, 0.25) is 0 Å². The van der Waals surface area contributed by atoms with Crippen molar-refractivity contribution in [3.63, 3.8) is 0 Å². The van der Waals surface area contributed by atoms with Crippen LogP contribution in [0.4, 0.5) is 13.6 Å². The summed E-state index contributed by atoms with van der Waals surface area (Å²) in [6, 6.07) is 12.8. The lowest BCUT2D eigenvalue weighted by Crippen LogP contribution is -2.44.